The topological polar surface area (TPSA) is 61.8 Å². The van der Waals surface area contributed by atoms with Gasteiger partial charge < -0.3 is 14.2 Å². The second-order valence-corrected chi connectivity index (χ2v) is 7.89. The highest BCUT2D eigenvalue weighted by Gasteiger charge is 2.11. The summed E-state index contributed by atoms with van der Waals surface area (Å²) in [7, 11) is 0. The highest BCUT2D eigenvalue weighted by atomic mass is 19.1. The molecule has 0 saturated heterocycles. The van der Waals surface area contributed by atoms with Gasteiger partial charge in [0.15, 0.2) is 0 Å². The van der Waals surface area contributed by atoms with E-state index >= 15 is 0 Å². The minimum atomic E-state index is -0.583. The van der Waals surface area contributed by atoms with Crippen LogP contribution in [-0.2, 0) is 16.0 Å². The summed E-state index contributed by atoms with van der Waals surface area (Å²) in [6.07, 6.45) is 2.76. The molecule has 6 heteroatoms. The fourth-order valence-corrected chi connectivity index (χ4v) is 3.20. The Balaban J connectivity index is 1.59. The molecule has 3 aromatic rings. The molecule has 0 heterocycles. The van der Waals surface area contributed by atoms with Gasteiger partial charge in [0.05, 0.1) is 5.56 Å². The molecule has 0 spiro atoms. The molecule has 0 radical (unpaired) electrons. The minimum Gasteiger partial charge on any atom is -0.457 e. The van der Waals surface area contributed by atoms with Gasteiger partial charge in [0.1, 0.15) is 17.3 Å². The number of esters is 2. The Morgan fingerprint density at radius 2 is 1.62 bits per heavy atom. The lowest BCUT2D eigenvalue weighted by molar-refractivity contribution is -0.144. The van der Waals surface area contributed by atoms with E-state index in [4.69, 9.17) is 14.2 Å². The molecule has 0 aromatic heterocycles. The van der Waals surface area contributed by atoms with Crippen LogP contribution in [0.15, 0.2) is 79.4 Å². The number of carbonyl (C=O) groups excluding carboxylic acids is 2. The number of hydrogen-bond acceptors (Lipinski definition) is 5. The van der Waals surface area contributed by atoms with E-state index in [-0.39, 0.29) is 12.6 Å². The summed E-state index contributed by atoms with van der Waals surface area (Å²) in [6.45, 7) is 7.25. The van der Waals surface area contributed by atoms with Crippen LogP contribution in [0.5, 0.6) is 11.5 Å². The van der Waals surface area contributed by atoms with Crippen molar-refractivity contribution in [2.75, 3.05) is 6.79 Å². The highest BCUT2D eigenvalue weighted by Crippen LogP contribution is 2.25. The van der Waals surface area contributed by atoms with Crippen LogP contribution in [0, 0.1) is 11.7 Å². The van der Waals surface area contributed by atoms with E-state index in [1.165, 1.54) is 6.07 Å². The molecule has 5 nitrogen and oxygen atoms in total. The lowest BCUT2D eigenvalue weighted by atomic mass is 9.96. The zero-order chi connectivity index (χ0) is 24.5. The molecule has 0 saturated carbocycles. The van der Waals surface area contributed by atoms with Crippen molar-refractivity contribution in [1.82, 2.24) is 0 Å². The highest BCUT2D eigenvalue weighted by molar-refractivity contribution is 5.91. The van der Waals surface area contributed by atoms with Gasteiger partial charge in [-0.1, -0.05) is 51.1 Å². The van der Waals surface area contributed by atoms with Crippen LogP contribution in [-0.4, -0.2) is 18.7 Å². The predicted molar refractivity (Wildman–Crippen MR) is 128 cm³/mol. The van der Waals surface area contributed by atoms with Gasteiger partial charge in [-0.05, 0) is 71.5 Å². The fourth-order valence-electron chi connectivity index (χ4n) is 3.20. The Kier molecular flexibility index (Phi) is 8.57. The first-order valence-corrected chi connectivity index (χ1v) is 11.0. The number of halogens is 1. The Hall–Kier alpha value is -3.93. The quantitative estimate of drug-likeness (QED) is 0.152. The lowest BCUT2D eigenvalue weighted by Gasteiger charge is -2.11. The van der Waals surface area contributed by atoms with Crippen molar-refractivity contribution in [3.05, 3.63) is 96.3 Å². The van der Waals surface area contributed by atoms with Gasteiger partial charge in [-0.25, -0.2) is 14.0 Å². The maximum absolute atomic E-state index is 14.5. The van der Waals surface area contributed by atoms with Gasteiger partial charge in [-0.3, -0.25) is 0 Å². The molecule has 1 atom stereocenters. The van der Waals surface area contributed by atoms with Crippen LogP contribution >= 0.6 is 0 Å². The van der Waals surface area contributed by atoms with E-state index in [2.05, 4.69) is 20.4 Å². The molecule has 3 rings (SSSR count). The Labute approximate surface area is 198 Å². The molecule has 3 aromatic carbocycles. The summed E-state index contributed by atoms with van der Waals surface area (Å²) < 4.78 is 29.9. The average Bonchev–Trinajstić information content (AvgIpc) is 2.86. The number of benzene rings is 3. The minimum absolute atomic E-state index is 0.215. The third-order valence-electron chi connectivity index (χ3n) is 5.40. The Morgan fingerprint density at radius 1 is 0.971 bits per heavy atom. The average molecular weight is 463 g/mol. The number of hydrogen-bond donors (Lipinski definition) is 0. The first kappa shape index (κ1) is 24.7. The molecule has 0 bridgehead atoms. The zero-order valence-corrected chi connectivity index (χ0v) is 19.3. The van der Waals surface area contributed by atoms with Crippen molar-refractivity contribution in [1.29, 1.82) is 0 Å². The van der Waals surface area contributed by atoms with Gasteiger partial charge in [0, 0.05) is 6.08 Å². The van der Waals surface area contributed by atoms with Crippen molar-refractivity contribution >= 4 is 11.9 Å². The van der Waals surface area contributed by atoms with Crippen LogP contribution in [0.4, 0.5) is 4.39 Å². The van der Waals surface area contributed by atoms with Crippen LogP contribution in [0.2, 0.25) is 0 Å². The number of ether oxygens (including phenoxy) is 3. The van der Waals surface area contributed by atoms with Crippen molar-refractivity contribution in [2.45, 2.75) is 26.7 Å². The van der Waals surface area contributed by atoms with Crippen molar-refractivity contribution in [2.24, 2.45) is 5.92 Å². The summed E-state index contributed by atoms with van der Waals surface area (Å²) in [6, 6.07) is 18.4. The van der Waals surface area contributed by atoms with Gasteiger partial charge in [-0.15, -0.1) is 0 Å². The molecule has 0 amide bonds. The monoisotopic (exact) mass is 462 g/mol. The standard InChI is InChI=1S/C28H27FO5/c1-4-19(3)16-23-11-10-22(17-26(23)29)20-6-8-21(9-7-20)28(31)34-25-14-12-24(13-15-25)32-18-33-27(30)5-2/h5-15,17,19H,2,4,16,18H2,1,3H3. The molecular formula is C28H27FO5. The van der Waals surface area contributed by atoms with E-state index in [9.17, 15) is 14.0 Å². The van der Waals surface area contributed by atoms with Gasteiger partial charge in [-0.2, -0.15) is 0 Å². The van der Waals surface area contributed by atoms with Crippen molar-refractivity contribution < 1.29 is 28.2 Å². The summed E-state index contributed by atoms with van der Waals surface area (Å²) in [4.78, 5) is 23.5. The maximum Gasteiger partial charge on any atom is 0.343 e. The third-order valence-corrected chi connectivity index (χ3v) is 5.40. The number of carbonyl (C=O) groups is 2. The van der Waals surface area contributed by atoms with Gasteiger partial charge in [0.25, 0.3) is 0 Å². The molecule has 0 N–H and O–H groups in total. The van der Waals surface area contributed by atoms with E-state index in [0.717, 1.165) is 23.6 Å². The Morgan fingerprint density at radius 3 is 2.24 bits per heavy atom. The van der Waals surface area contributed by atoms with Crippen LogP contribution in [0.1, 0.15) is 36.2 Å². The Bertz CT molecular complexity index is 1140. The SMILES string of the molecule is C=CC(=O)OCOc1ccc(OC(=O)c2ccc(-c3ccc(CC(C)CC)c(F)c3)cc2)cc1. The first-order valence-electron chi connectivity index (χ1n) is 11.0. The first-order chi connectivity index (χ1) is 16.4. The normalized spacial score (nSPS) is 11.4. The summed E-state index contributed by atoms with van der Waals surface area (Å²) in [5.74, 6) is -0.105. The second-order valence-electron chi connectivity index (χ2n) is 7.89. The van der Waals surface area contributed by atoms with E-state index in [1.54, 1.807) is 48.5 Å². The molecule has 176 valence electrons. The van der Waals surface area contributed by atoms with Crippen LogP contribution < -0.4 is 9.47 Å². The molecular weight excluding hydrogens is 435 g/mol. The zero-order valence-electron chi connectivity index (χ0n) is 19.3. The van der Waals surface area contributed by atoms with Gasteiger partial charge in [0.2, 0.25) is 6.79 Å². The predicted octanol–water partition coefficient (Wildman–Crippen LogP) is 6.37. The maximum atomic E-state index is 14.5. The van der Waals surface area contributed by atoms with Crippen LogP contribution in [0.25, 0.3) is 11.1 Å². The molecule has 0 aliphatic heterocycles. The third kappa shape index (κ3) is 6.78. The molecule has 0 aliphatic rings. The second kappa shape index (κ2) is 11.8. The molecule has 1 unspecified atom stereocenters. The molecule has 34 heavy (non-hydrogen) atoms. The largest absolute Gasteiger partial charge is 0.457 e. The van der Waals surface area contributed by atoms with Gasteiger partial charge >= 0.3 is 11.9 Å². The lowest BCUT2D eigenvalue weighted by Crippen LogP contribution is -2.09. The molecule has 0 fully saturated rings. The summed E-state index contributed by atoms with van der Waals surface area (Å²) in [5.41, 5.74) is 2.64. The van der Waals surface area contributed by atoms with E-state index < -0.39 is 11.9 Å². The number of rotatable bonds is 10. The molecule has 0 aliphatic carbocycles. The smallest absolute Gasteiger partial charge is 0.343 e. The van der Waals surface area contributed by atoms with Crippen molar-refractivity contribution in [3.63, 3.8) is 0 Å². The van der Waals surface area contributed by atoms with E-state index in [0.29, 0.717) is 35.0 Å². The van der Waals surface area contributed by atoms with E-state index in [1.807, 2.05) is 12.1 Å². The van der Waals surface area contributed by atoms with Crippen LogP contribution in [0.3, 0.4) is 0 Å². The summed E-state index contributed by atoms with van der Waals surface area (Å²) in [5, 5.41) is 0. The fraction of sp³-hybridized carbons (Fsp3) is 0.214. The summed E-state index contributed by atoms with van der Waals surface area (Å²) >= 11 is 0. The van der Waals surface area contributed by atoms with Crippen molar-refractivity contribution in [3.8, 4) is 22.6 Å².